The van der Waals surface area contributed by atoms with Crippen LogP contribution in [0.4, 0.5) is 10.1 Å². The van der Waals surface area contributed by atoms with Crippen molar-refractivity contribution in [1.82, 2.24) is 5.32 Å². The molecule has 0 aliphatic heterocycles. The van der Waals surface area contributed by atoms with Gasteiger partial charge in [0.25, 0.3) is 15.9 Å². The van der Waals surface area contributed by atoms with Gasteiger partial charge >= 0.3 is 0 Å². The predicted octanol–water partition coefficient (Wildman–Crippen LogP) is 2.83. The van der Waals surface area contributed by atoms with E-state index in [4.69, 9.17) is 5.73 Å². The maximum Gasteiger partial charge on any atom is 0.262 e. The number of nitrogens with two attached hydrogens (primary N) is 1. The minimum absolute atomic E-state index is 0. The lowest BCUT2D eigenvalue weighted by Crippen LogP contribution is -2.24. The van der Waals surface area contributed by atoms with Gasteiger partial charge in [-0.1, -0.05) is 0 Å². The van der Waals surface area contributed by atoms with E-state index in [2.05, 4.69) is 10.0 Å². The van der Waals surface area contributed by atoms with Crippen LogP contribution in [0.25, 0.3) is 0 Å². The Morgan fingerprint density at radius 3 is 2.37 bits per heavy atom. The normalized spacial score (nSPS) is 10.8. The molecule has 0 heterocycles. The highest BCUT2D eigenvalue weighted by atomic mass is 35.5. The predicted molar refractivity (Wildman–Crippen MR) is 106 cm³/mol. The van der Waals surface area contributed by atoms with Crippen LogP contribution in [0.3, 0.4) is 0 Å². The van der Waals surface area contributed by atoms with Gasteiger partial charge in [0.15, 0.2) is 0 Å². The van der Waals surface area contributed by atoms with Crippen molar-refractivity contribution in [2.24, 2.45) is 5.73 Å². The van der Waals surface area contributed by atoms with E-state index in [-0.39, 0.29) is 23.2 Å². The molecule has 0 atom stereocenters. The number of unbranched alkanes of at least 4 members (excludes halogenated alkanes) is 1. The van der Waals surface area contributed by atoms with Crippen molar-refractivity contribution in [3.05, 3.63) is 59.4 Å². The summed E-state index contributed by atoms with van der Waals surface area (Å²) >= 11 is 0. The topological polar surface area (TPSA) is 101 Å². The molecule has 1 amide bonds. The van der Waals surface area contributed by atoms with Gasteiger partial charge in [-0.3, -0.25) is 9.52 Å². The molecule has 27 heavy (non-hydrogen) atoms. The maximum absolute atomic E-state index is 13.2. The summed E-state index contributed by atoms with van der Waals surface area (Å²) in [5.74, 6) is -0.728. The lowest BCUT2D eigenvalue weighted by Gasteiger charge is -2.11. The average molecular weight is 416 g/mol. The molecule has 0 radical (unpaired) electrons. The first-order valence-electron chi connectivity index (χ1n) is 8.21. The molecule has 148 valence electrons. The van der Waals surface area contributed by atoms with E-state index in [1.165, 1.54) is 37.3 Å². The molecule has 0 bridgehead atoms. The first-order chi connectivity index (χ1) is 12.3. The number of sulfonamides is 1. The van der Waals surface area contributed by atoms with Gasteiger partial charge in [-0.25, -0.2) is 12.8 Å². The number of amides is 1. The summed E-state index contributed by atoms with van der Waals surface area (Å²) in [4.78, 5) is 12.0. The third-order valence-corrected chi connectivity index (χ3v) is 5.28. The number of carbonyl (C=O) groups excluding carboxylic acids is 1. The SMILES string of the molecule is Cc1cc(F)ccc1S(=O)(=O)Nc1ccc(C(=O)NCCCCN)cc1.Cl. The van der Waals surface area contributed by atoms with Crippen molar-refractivity contribution in [3.63, 3.8) is 0 Å². The number of aryl methyl sites for hydroxylation is 1. The number of nitrogens with one attached hydrogen (secondary N) is 2. The Labute approximate surface area is 164 Å². The summed E-state index contributed by atoms with van der Waals surface area (Å²) in [5.41, 5.74) is 6.45. The maximum atomic E-state index is 13.2. The minimum Gasteiger partial charge on any atom is -0.352 e. The molecule has 0 aromatic heterocycles. The number of rotatable bonds is 8. The van der Waals surface area contributed by atoms with Gasteiger partial charge in [0, 0.05) is 17.8 Å². The van der Waals surface area contributed by atoms with Gasteiger partial charge in [-0.05, 0) is 74.3 Å². The van der Waals surface area contributed by atoms with E-state index < -0.39 is 15.8 Å². The highest BCUT2D eigenvalue weighted by Crippen LogP contribution is 2.20. The molecule has 0 spiro atoms. The van der Waals surface area contributed by atoms with Crippen molar-refractivity contribution in [1.29, 1.82) is 0 Å². The zero-order valence-electron chi connectivity index (χ0n) is 14.9. The van der Waals surface area contributed by atoms with E-state index >= 15 is 0 Å². The van der Waals surface area contributed by atoms with Crippen LogP contribution < -0.4 is 15.8 Å². The quantitative estimate of drug-likeness (QED) is 0.577. The molecule has 0 aliphatic carbocycles. The molecule has 0 unspecified atom stereocenters. The number of hydrogen-bond acceptors (Lipinski definition) is 4. The van der Waals surface area contributed by atoms with Crippen LogP contribution >= 0.6 is 12.4 Å². The van der Waals surface area contributed by atoms with Crippen LogP contribution in [0.15, 0.2) is 47.4 Å². The summed E-state index contributed by atoms with van der Waals surface area (Å²) in [6.07, 6.45) is 1.64. The molecule has 0 saturated carbocycles. The van der Waals surface area contributed by atoms with Gasteiger partial charge in [-0.2, -0.15) is 0 Å². The monoisotopic (exact) mass is 415 g/mol. The number of anilines is 1. The van der Waals surface area contributed by atoms with Crippen molar-refractivity contribution < 1.29 is 17.6 Å². The fourth-order valence-corrected chi connectivity index (χ4v) is 3.67. The number of benzene rings is 2. The molecular formula is C18H23ClFN3O3S. The van der Waals surface area contributed by atoms with E-state index in [1.807, 2.05) is 0 Å². The van der Waals surface area contributed by atoms with Crippen LogP contribution in [-0.2, 0) is 10.0 Å². The minimum atomic E-state index is -3.84. The summed E-state index contributed by atoms with van der Waals surface area (Å²) in [6.45, 7) is 2.64. The largest absolute Gasteiger partial charge is 0.352 e. The zero-order chi connectivity index (χ0) is 19.2. The van der Waals surface area contributed by atoms with Gasteiger partial charge in [0.1, 0.15) is 5.82 Å². The number of carbonyl (C=O) groups is 1. The molecule has 2 aromatic rings. The van der Waals surface area contributed by atoms with Gasteiger partial charge in [0.2, 0.25) is 0 Å². The fraction of sp³-hybridized carbons (Fsp3) is 0.278. The second-order valence-corrected chi connectivity index (χ2v) is 7.50. The van der Waals surface area contributed by atoms with E-state index in [9.17, 15) is 17.6 Å². The Morgan fingerprint density at radius 1 is 1.11 bits per heavy atom. The average Bonchev–Trinajstić information content (AvgIpc) is 2.58. The van der Waals surface area contributed by atoms with E-state index in [0.29, 0.717) is 29.9 Å². The van der Waals surface area contributed by atoms with Crippen LogP contribution in [0, 0.1) is 12.7 Å². The Kier molecular flexibility index (Phi) is 8.68. The number of halogens is 2. The summed E-state index contributed by atoms with van der Waals surface area (Å²) in [5, 5.41) is 2.77. The summed E-state index contributed by atoms with van der Waals surface area (Å²) < 4.78 is 40.4. The smallest absolute Gasteiger partial charge is 0.262 e. The van der Waals surface area contributed by atoms with Crippen LogP contribution in [0.1, 0.15) is 28.8 Å². The van der Waals surface area contributed by atoms with Crippen LogP contribution in [-0.4, -0.2) is 27.4 Å². The Hall–Kier alpha value is -2.16. The summed E-state index contributed by atoms with van der Waals surface area (Å²) in [7, 11) is -3.84. The van der Waals surface area contributed by atoms with Gasteiger partial charge in [-0.15, -0.1) is 12.4 Å². The van der Waals surface area contributed by atoms with Crippen molar-refractivity contribution >= 4 is 34.0 Å². The second-order valence-electron chi connectivity index (χ2n) is 5.84. The van der Waals surface area contributed by atoms with Gasteiger partial charge in [0.05, 0.1) is 4.90 Å². The van der Waals surface area contributed by atoms with Gasteiger partial charge < -0.3 is 11.1 Å². The Balaban J connectivity index is 0.00000364. The lowest BCUT2D eigenvalue weighted by atomic mass is 10.2. The third-order valence-electron chi connectivity index (χ3n) is 3.74. The molecule has 4 N–H and O–H groups in total. The van der Waals surface area contributed by atoms with Crippen molar-refractivity contribution in [2.45, 2.75) is 24.7 Å². The molecule has 2 rings (SSSR count). The standard InChI is InChI=1S/C18H22FN3O3S.ClH/c1-13-12-15(19)6-9-17(13)26(24,25)22-16-7-4-14(5-8-16)18(23)21-11-3-2-10-20;/h4-9,12,22H,2-3,10-11,20H2,1H3,(H,21,23);1H. The Morgan fingerprint density at radius 2 is 1.78 bits per heavy atom. The molecule has 6 nitrogen and oxygen atoms in total. The highest BCUT2D eigenvalue weighted by Gasteiger charge is 2.17. The molecule has 0 fully saturated rings. The highest BCUT2D eigenvalue weighted by molar-refractivity contribution is 7.92. The first kappa shape index (κ1) is 22.9. The van der Waals surface area contributed by atoms with Crippen LogP contribution in [0.5, 0.6) is 0 Å². The Bertz CT molecular complexity index is 874. The van der Waals surface area contributed by atoms with Crippen LogP contribution in [0.2, 0.25) is 0 Å². The number of hydrogen-bond donors (Lipinski definition) is 3. The molecular weight excluding hydrogens is 393 g/mol. The van der Waals surface area contributed by atoms with Crippen molar-refractivity contribution in [2.75, 3.05) is 17.8 Å². The molecule has 0 aliphatic rings. The lowest BCUT2D eigenvalue weighted by molar-refractivity contribution is 0.0953. The molecule has 0 saturated heterocycles. The molecule has 9 heteroatoms. The van der Waals surface area contributed by atoms with Crippen molar-refractivity contribution in [3.8, 4) is 0 Å². The third kappa shape index (κ3) is 6.50. The summed E-state index contributed by atoms with van der Waals surface area (Å²) in [6, 6.07) is 9.56. The fourth-order valence-electron chi connectivity index (χ4n) is 2.39. The van der Waals surface area contributed by atoms with E-state index in [1.54, 1.807) is 0 Å². The zero-order valence-corrected chi connectivity index (χ0v) is 16.5. The first-order valence-corrected chi connectivity index (χ1v) is 9.69. The second kappa shape index (κ2) is 10.2. The molecule has 2 aromatic carbocycles. The van der Waals surface area contributed by atoms with E-state index in [0.717, 1.165) is 25.0 Å².